The van der Waals surface area contributed by atoms with E-state index in [9.17, 15) is 23.1 Å². The second kappa shape index (κ2) is 10.9. The van der Waals surface area contributed by atoms with Crippen molar-refractivity contribution in [3.8, 4) is 11.6 Å². The van der Waals surface area contributed by atoms with Crippen LogP contribution in [-0.4, -0.2) is 50.0 Å². The fraction of sp³-hybridized carbons (Fsp3) is 0.321. The molecule has 1 N–H and O–H groups in total. The number of fused-ring (bicyclic) bond motifs is 1. The quantitative estimate of drug-likeness (QED) is 0.315. The first-order valence-corrected chi connectivity index (χ1v) is 12.5. The molecule has 1 aliphatic rings. The van der Waals surface area contributed by atoms with Gasteiger partial charge in [-0.05, 0) is 56.3 Å². The molecule has 0 saturated carbocycles. The number of para-hydroxylation sites is 1. The molecule has 3 heterocycles. The average Bonchev–Trinajstić information content (AvgIpc) is 3.22. The van der Waals surface area contributed by atoms with Gasteiger partial charge in [-0.2, -0.15) is 0 Å². The molecule has 2 aromatic heterocycles. The third-order valence-corrected chi connectivity index (χ3v) is 6.91. The first-order chi connectivity index (χ1) is 18.7. The second-order valence-corrected chi connectivity index (χ2v) is 9.49. The molecule has 4 aromatic rings. The number of benzene rings is 2. The maximum absolute atomic E-state index is 12.7. The molecule has 2 aromatic carbocycles. The maximum Gasteiger partial charge on any atom is 0.573 e. The Balaban J connectivity index is 1.19. The number of pyridine rings is 1. The summed E-state index contributed by atoms with van der Waals surface area (Å²) >= 11 is 0. The van der Waals surface area contributed by atoms with Crippen molar-refractivity contribution < 1.29 is 32.5 Å². The van der Waals surface area contributed by atoms with Crippen LogP contribution < -0.4 is 9.47 Å². The minimum Gasteiger partial charge on any atom is -0.478 e. The molecule has 1 saturated heterocycles. The molecule has 0 atom stereocenters. The Bertz CT molecular complexity index is 1480. The highest BCUT2D eigenvalue weighted by atomic mass is 19.4. The normalized spacial score (nSPS) is 15.0. The Kier molecular flexibility index (Phi) is 7.42. The number of aromatic carboxylic acids is 1. The van der Waals surface area contributed by atoms with Crippen LogP contribution in [0.3, 0.4) is 0 Å². The first-order valence-electron chi connectivity index (χ1n) is 12.5. The third-order valence-electron chi connectivity index (χ3n) is 6.91. The van der Waals surface area contributed by atoms with Gasteiger partial charge in [0.25, 0.3) is 0 Å². The maximum atomic E-state index is 12.7. The number of hydrogen-bond donors (Lipinski definition) is 1. The van der Waals surface area contributed by atoms with E-state index >= 15 is 0 Å². The molecule has 5 rings (SSSR count). The molecule has 1 aliphatic heterocycles. The summed E-state index contributed by atoms with van der Waals surface area (Å²) in [5.74, 6) is 0.178. The van der Waals surface area contributed by atoms with E-state index in [0.29, 0.717) is 12.4 Å². The van der Waals surface area contributed by atoms with Gasteiger partial charge in [0.05, 0.1) is 23.1 Å². The minimum atomic E-state index is -4.78. The van der Waals surface area contributed by atoms with Crippen molar-refractivity contribution in [2.75, 3.05) is 13.1 Å². The summed E-state index contributed by atoms with van der Waals surface area (Å²) in [5.41, 5.74) is 2.94. The van der Waals surface area contributed by atoms with E-state index in [1.807, 2.05) is 23.7 Å². The summed E-state index contributed by atoms with van der Waals surface area (Å²) in [5, 5.41) is 9.28. The van der Waals surface area contributed by atoms with Crippen LogP contribution >= 0.6 is 0 Å². The lowest BCUT2D eigenvalue weighted by Gasteiger charge is -2.31. The van der Waals surface area contributed by atoms with Crippen LogP contribution in [-0.2, 0) is 20.2 Å². The number of alkyl halides is 3. The summed E-state index contributed by atoms with van der Waals surface area (Å²) in [6, 6.07) is 16.3. The zero-order valence-electron chi connectivity index (χ0n) is 21.2. The lowest BCUT2D eigenvalue weighted by Crippen LogP contribution is -2.33. The van der Waals surface area contributed by atoms with Gasteiger partial charge >= 0.3 is 12.3 Å². The van der Waals surface area contributed by atoms with Crippen LogP contribution in [0.1, 0.15) is 46.2 Å². The van der Waals surface area contributed by atoms with Crippen molar-refractivity contribution in [2.45, 2.75) is 38.3 Å². The Morgan fingerprint density at radius 3 is 2.56 bits per heavy atom. The standard InChI is InChI=1S/C28H27F3N4O4/c1-34-23-15-19(27(36)37)9-10-22(23)32-25(34)16-35-13-11-18(12-14-35)21-6-4-8-26(33-21)38-17-20-5-2-3-7-24(20)39-28(29,30)31/h2-10,15,18H,11-14,16-17H2,1H3,(H,36,37). The highest BCUT2D eigenvalue weighted by molar-refractivity contribution is 5.92. The number of hydrogen-bond acceptors (Lipinski definition) is 6. The smallest absolute Gasteiger partial charge is 0.478 e. The number of imidazole rings is 1. The van der Waals surface area contributed by atoms with E-state index in [2.05, 4.69) is 14.6 Å². The average molecular weight is 541 g/mol. The van der Waals surface area contributed by atoms with Crippen LogP contribution in [0.2, 0.25) is 0 Å². The van der Waals surface area contributed by atoms with Gasteiger partial charge in [0.2, 0.25) is 5.88 Å². The number of aromatic nitrogens is 3. The van der Waals surface area contributed by atoms with Crippen molar-refractivity contribution in [3.63, 3.8) is 0 Å². The van der Waals surface area contributed by atoms with Crippen LogP contribution in [0.15, 0.2) is 60.7 Å². The minimum absolute atomic E-state index is 0.104. The van der Waals surface area contributed by atoms with Crippen molar-refractivity contribution in [1.29, 1.82) is 0 Å². The van der Waals surface area contributed by atoms with Crippen molar-refractivity contribution in [3.05, 3.63) is 83.3 Å². The Morgan fingerprint density at radius 1 is 1.05 bits per heavy atom. The van der Waals surface area contributed by atoms with Crippen LogP contribution in [0.4, 0.5) is 13.2 Å². The van der Waals surface area contributed by atoms with E-state index in [1.54, 1.807) is 30.3 Å². The highest BCUT2D eigenvalue weighted by Crippen LogP contribution is 2.30. The SMILES string of the molecule is Cn1c(CN2CCC(c3cccc(OCc4ccccc4OC(F)(F)F)n3)CC2)nc2ccc(C(=O)O)cc21. The first kappa shape index (κ1) is 26.5. The zero-order valence-corrected chi connectivity index (χ0v) is 21.2. The number of aryl methyl sites for hydroxylation is 1. The molecule has 0 unspecified atom stereocenters. The fourth-order valence-corrected chi connectivity index (χ4v) is 4.84. The Labute approximate surface area is 222 Å². The molecule has 204 valence electrons. The Morgan fingerprint density at radius 2 is 1.82 bits per heavy atom. The fourth-order valence-electron chi connectivity index (χ4n) is 4.84. The van der Waals surface area contributed by atoms with E-state index in [4.69, 9.17) is 9.72 Å². The van der Waals surface area contributed by atoms with Gasteiger partial charge in [-0.15, -0.1) is 13.2 Å². The predicted molar refractivity (Wildman–Crippen MR) is 137 cm³/mol. The molecular weight excluding hydrogens is 513 g/mol. The lowest BCUT2D eigenvalue weighted by atomic mass is 9.93. The largest absolute Gasteiger partial charge is 0.573 e. The summed E-state index contributed by atoms with van der Waals surface area (Å²) in [7, 11) is 1.89. The van der Waals surface area contributed by atoms with Crippen molar-refractivity contribution in [2.24, 2.45) is 7.05 Å². The van der Waals surface area contributed by atoms with Crippen LogP contribution in [0.25, 0.3) is 11.0 Å². The summed E-state index contributed by atoms with van der Waals surface area (Å²) < 4.78 is 49.9. The molecule has 0 radical (unpaired) electrons. The Hall–Kier alpha value is -4.12. The highest BCUT2D eigenvalue weighted by Gasteiger charge is 2.32. The number of carbonyl (C=O) groups is 1. The second-order valence-electron chi connectivity index (χ2n) is 9.49. The number of piperidine rings is 1. The molecule has 8 nitrogen and oxygen atoms in total. The number of carboxylic acids is 1. The molecule has 0 spiro atoms. The molecule has 11 heteroatoms. The van der Waals surface area contributed by atoms with Gasteiger partial charge in [-0.25, -0.2) is 14.8 Å². The molecular formula is C28H27F3N4O4. The summed E-state index contributed by atoms with van der Waals surface area (Å²) in [6.07, 6.45) is -3.02. The summed E-state index contributed by atoms with van der Waals surface area (Å²) in [6.45, 7) is 2.22. The van der Waals surface area contributed by atoms with E-state index < -0.39 is 12.3 Å². The number of nitrogens with zero attached hydrogens (tertiary/aromatic N) is 4. The van der Waals surface area contributed by atoms with Gasteiger partial charge in [-0.1, -0.05) is 24.3 Å². The van der Waals surface area contributed by atoms with E-state index in [-0.39, 0.29) is 29.4 Å². The zero-order chi connectivity index (χ0) is 27.6. The lowest BCUT2D eigenvalue weighted by molar-refractivity contribution is -0.275. The van der Waals surface area contributed by atoms with E-state index in [0.717, 1.165) is 48.5 Å². The molecule has 0 aliphatic carbocycles. The van der Waals surface area contributed by atoms with Crippen molar-refractivity contribution in [1.82, 2.24) is 19.4 Å². The van der Waals surface area contributed by atoms with E-state index in [1.165, 1.54) is 18.2 Å². The topological polar surface area (TPSA) is 89.7 Å². The van der Waals surface area contributed by atoms with Gasteiger partial charge in [0.15, 0.2) is 0 Å². The molecule has 0 amide bonds. The number of halogens is 3. The predicted octanol–water partition coefficient (Wildman–Crippen LogP) is 5.52. The third kappa shape index (κ3) is 6.31. The monoisotopic (exact) mass is 540 g/mol. The number of likely N-dealkylation sites (tertiary alicyclic amines) is 1. The van der Waals surface area contributed by atoms with Crippen molar-refractivity contribution >= 4 is 17.0 Å². The number of carboxylic acid groups (broad SMARTS) is 1. The number of ether oxygens (including phenoxy) is 2. The molecule has 0 bridgehead atoms. The van der Waals surface area contributed by atoms with Gasteiger partial charge in [-0.3, -0.25) is 4.90 Å². The summed E-state index contributed by atoms with van der Waals surface area (Å²) in [4.78, 5) is 22.9. The number of rotatable bonds is 8. The van der Waals surface area contributed by atoms with Gasteiger partial charge in [0, 0.05) is 30.3 Å². The van der Waals surface area contributed by atoms with Gasteiger partial charge in [0.1, 0.15) is 18.2 Å². The van der Waals surface area contributed by atoms with Crippen LogP contribution in [0, 0.1) is 0 Å². The van der Waals surface area contributed by atoms with Crippen LogP contribution in [0.5, 0.6) is 11.6 Å². The molecule has 39 heavy (non-hydrogen) atoms. The molecule has 1 fully saturated rings. The van der Waals surface area contributed by atoms with Gasteiger partial charge < -0.3 is 19.1 Å².